The van der Waals surface area contributed by atoms with E-state index >= 15 is 0 Å². The Morgan fingerprint density at radius 3 is 2.20 bits per heavy atom. The van der Waals surface area contributed by atoms with Crippen molar-refractivity contribution in [2.45, 2.75) is 19.4 Å². The number of carbonyl (C=O) groups is 2. The molecule has 1 N–H and O–H groups in total. The fraction of sp³-hybridized carbons (Fsp3) is 0.214. The lowest BCUT2D eigenvalue weighted by atomic mass is 9.94. The molecule has 1 atom stereocenters. The zero-order valence-corrected chi connectivity index (χ0v) is 19.9. The van der Waals surface area contributed by atoms with Gasteiger partial charge in [-0.15, -0.1) is 0 Å². The summed E-state index contributed by atoms with van der Waals surface area (Å²) in [5, 5.41) is 11.5. The molecule has 0 aliphatic carbocycles. The number of methoxy groups -OCH3 is 2. The lowest BCUT2D eigenvalue weighted by molar-refractivity contribution is -0.132. The Morgan fingerprint density at radius 2 is 1.57 bits per heavy atom. The summed E-state index contributed by atoms with van der Waals surface area (Å²) in [5.41, 5.74) is 1.31. The van der Waals surface area contributed by atoms with E-state index in [1.165, 1.54) is 19.1 Å². The van der Waals surface area contributed by atoms with Crippen molar-refractivity contribution in [2.75, 3.05) is 25.7 Å². The molecule has 1 aliphatic heterocycles. The molecule has 180 valence electrons. The highest BCUT2D eigenvalue weighted by molar-refractivity contribution is 6.51. The molecule has 0 radical (unpaired) electrons. The highest BCUT2D eigenvalue weighted by Gasteiger charge is 2.47. The van der Waals surface area contributed by atoms with Gasteiger partial charge in [0, 0.05) is 11.8 Å². The van der Waals surface area contributed by atoms with Crippen LogP contribution in [0.2, 0.25) is 0 Å². The summed E-state index contributed by atoms with van der Waals surface area (Å²) < 4.78 is 16.6. The summed E-state index contributed by atoms with van der Waals surface area (Å²) in [5.74, 6) is -0.701. The Morgan fingerprint density at radius 1 is 0.914 bits per heavy atom. The normalized spacial score (nSPS) is 16.9. The number of ether oxygens (including phenoxy) is 3. The molecule has 1 saturated heterocycles. The molecule has 3 aromatic rings. The van der Waals surface area contributed by atoms with Crippen LogP contribution in [-0.4, -0.2) is 37.6 Å². The summed E-state index contributed by atoms with van der Waals surface area (Å²) >= 11 is 0. The molecular formula is C28H27NO6. The van der Waals surface area contributed by atoms with Gasteiger partial charge in [0.05, 0.1) is 32.4 Å². The van der Waals surface area contributed by atoms with Crippen molar-refractivity contribution in [1.82, 2.24) is 0 Å². The summed E-state index contributed by atoms with van der Waals surface area (Å²) in [6.07, 6.45) is 0.833. The van der Waals surface area contributed by atoms with E-state index in [0.717, 1.165) is 6.42 Å². The number of anilines is 1. The maximum absolute atomic E-state index is 13.4. The molecule has 1 fully saturated rings. The SMILES string of the molecule is CCCOc1cccc(N2C(=O)C(=O)/C(=C(/O)c3c(OC)cccc3OC)C2c2ccccc2)c1. The smallest absolute Gasteiger partial charge is 0.300 e. The number of carbonyl (C=O) groups excluding carboxylic acids is 2. The number of amides is 1. The van der Waals surface area contributed by atoms with Crippen molar-refractivity contribution in [3.05, 3.63) is 89.5 Å². The molecule has 7 nitrogen and oxygen atoms in total. The number of Topliss-reactive ketones (excluding diaryl/α,β-unsaturated/α-hetero) is 1. The molecule has 0 spiro atoms. The van der Waals surface area contributed by atoms with Crippen molar-refractivity contribution in [3.8, 4) is 17.2 Å². The minimum Gasteiger partial charge on any atom is -0.506 e. The number of nitrogens with zero attached hydrogens (tertiary/aromatic N) is 1. The molecule has 1 heterocycles. The third kappa shape index (κ3) is 4.45. The Kier molecular flexibility index (Phi) is 7.06. The zero-order chi connectivity index (χ0) is 24.9. The van der Waals surface area contributed by atoms with Crippen molar-refractivity contribution >= 4 is 23.1 Å². The molecular weight excluding hydrogens is 446 g/mol. The first-order valence-corrected chi connectivity index (χ1v) is 11.3. The van der Waals surface area contributed by atoms with Gasteiger partial charge in [0.15, 0.2) is 0 Å². The van der Waals surface area contributed by atoms with Crippen molar-refractivity contribution in [3.63, 3.8) is 0 Å². The summed E-state index contributed by atoms with van der Waals surface area (Å²) in [7, 11) is 2.92. The van der Waals surface area contributed by atoms with Crippen molar-refractivity contribution < 1.29 is 28.9 Å². The van der Waals surface area contributed by atoms with Gasteiger partial charge in [-0.1, -0.05) is 49.4 Å². The van der Waals surface area contributed by atoms with E-state index in [2.05, 4.69) is 0 Å². The molecule has 0 bridgehead atoms. The minimum absolute atomic E-state index is 0.0520. The largest absolute Gasteiger partial charge is 0.506 e. The van der Waals surface area contributed by atoms with Crippen LogP contribution >= 0.6 is 0 Å². The lowest BCUT2D eigenvalue weighted by Crippen LogP contribution is -2.29. The highest BCUT2D eigenvalue weighted by atomic mass is 16.5. The van der Waals surface area contributed by atoms with E-state index in [1.807, 2.05) is 37.3 Å². The van der Waals surface area contributed by atoms with E-state index in [1.54, 1.807) is 42.5 Å². The lowest BCUT2D eigenvalue weighted by Gasteiger charge is -2.26. The van der Waals surface area contributed by atoms with E-state index in [9.17, 15) is 14.7 Å². The summed E-state index contributed by atoms with van der Waals surface area (Å²) in [6.45, 7) is 2.53. The third-order valence-corrected chi connectivity index (χ3v) is 5.79. The van der Waals surface area contributed by atoms with Gasteiger partial charge < -0.3 is 19.3 Å². The molecule has 1 aliphatic rings. The average molecular weight is 474 g/mol. The van der Waals surface area contributed by atoms with Gasteiger partial charge >= 0.3 is 0 Å². The number of aliphatic hydroxyl groups excluding tert-OH is 1. The van der Waals surface area contributed by atoms with Gasteiger partial charge in [0.2, 0.25) is 0 Å². The standard InChI is InChI=1S/C28H27NO6/c1-4-16-35-20-13-8-12-19(17-20)29-25(18-10-6-5-7-11-18)24(27(31)28(29)32)26(30)23-21(33-2)14-9-15-22(23)34-3/h5-15,17,25,30H,4,16H2,1-3H3/b26-24+. The first kappa shape index (κ1) is 23.9. The van der Waals surface area contributed by atoms with Crippen LogP contribution in [0.15, 0.2) is 78.4 Å². The Bertz CT molecular complexity index is 1250. The van der Waals surface area contributed by atoms with Gasteiger partial charge in [-0.2, -0.15) is 0 Å². The maximum Gasteiger partial charge on any atom is 0.300 e. The van der Waals surface area contributed by atoms with E-state index in [-0.39, 0.29) is 16.9 Å². The van der Waals surface area contributed by atoms with Crippen LogP contribution in [0.4, 0.5) is 5.69 Å². The summed E-state index contributed by atoms with van der Waals surface area (Å²) in [6, 6.07) is 20.3. The number of hydrogen-bond donors (Lipinski definition) is 1. The predicted octanol–water partition coefficient (Wildman–Crippen LogP) is 5.12. The molecule has 0 aromatic heterocycles. The molecule has 1 amide bonds. The number of hydrogen-bond acceptors (Lipinski definition) is 6. The molecule has 3 aromatic carbocycles. The van der Waals surface area contributed by atoms with Gasteiger partial charge in [0.25, 0.3) is 11.7 Å². The number of benzene rings is 3. The Hall–Kier alpha value is -4.26. The van der Waals surface area contributed by atoms with E-state index < -0.39 is 17.7 Å². The molecule has 1 unspecified atom stereocenters. The van der Waals surface area contributed by atoms with Crippen LogP contribution in [0.25, 0.3) is 5.76 Å². The van der Waals surface area contributed by atoms with Crippen LogP contribution < -0.4 is 19.1 Å². The fourth-order valence-corrected chi connectivity index (χ4v) is 4.21. The first-order chi connectivity index (χ1) is 17.0. The quantitative estimate of drug-likeness (QED) is 0.278. The average Bonchev–Trinajstić information content (AvgIpc) is 3.17. The topological polar surface area (TPSA) is 85.3 Å². The van der Waals surface area contributed by atoms with Crippen molar-refractivity contribution in [1.29, 1.82) is 0 Å². The van der Waals surface area contributed by atoms with Gasteiger partial charge in [-0.25, -0.2) is 0 Å². The molecule has 35 heavy (non-hydrogen) atoms. The van der Waals surface area contributed by atoms with Gasteiger partial charge in [-0.3, -0.25) is 14.5 Å². The molecule has 0 saturated carbocycles. The predicted molar refractivity (Wildman–Crippen MR) is 133 cm³/mol. The Balaban J connectivity index is 1.94. The van der Waals surface area contributed by atoms with Gasteiger partial charge in [-0.05, 0) is 36.2 Å². The fourth-order valence-electron chi connectivity index (χ4n) is 4.21. The maximum atomic E-state index is 13.4. The van der Waals surface area contributed by atoms with Gasteiger partial charge in [0.1, 0.15) is 28.6 Å². The number of aliphatic hydroxyl groups is 1. The van der Waals surface area contributed by atoms with Crippen LogP contribution in [0.1, 0.15) is 30.5 Å². The molecule has 4 rings (SSSR count). The summed E-state index contributed by atoms with van der Waals surface area (Å²) in [4.78, 5) is 28.2. The van der Waals surface area contributed by atoms with Crippen LogP contribution in [-0.2, 0) is 9.59 Å². The highest BCUT2D eigenvalue weighted by Crippen LogP contribution is 2.45. The van der Waals surface area contributed by atoms with Crippen molar-refractivity contribution in [2.24, 2.45) is 0 Å². The number of ketones is 1. The van der Waals surface area contributed by atoms with Crippen LogP contribution in [0, 0.1) is 0 Å². The zero-order valence-electron chi connectivity index (χ0n) is 19.9. The van der Waals surface area contributed by atoms with Crippen LogP contribution in [0.5, 0.6) is 17.2 Å². The number of rotatable bonds is 8. The minimum atomic E-state index is -0.868. The van der Waals surface area contributed by atoms with Crippen LogP contribution in [0.3, 0.4) is 0 Å². The monoisotopic (exact) mass is 473 g/mol. The van der Waals surface area contributed by atoms with E-state index in [0.29, 0.717) is 35.1 Å². The third-order valence-electron chi connectivity index (χ3n) is 5.79. The molecule has 7 heteroatoms. The Labute approximate surface area is 204 Å². The second kappa shape index (κ2) is 10.3. The first-order valence-electron chi connectivity index (χ1n) is 11.3. The van der Waals surface area contributed by atoms with E-state index in [4.69, 9.17) is 14.2 Å². The second-order valence-electron chi connectivity index (χ2n) is 7.96. The second-order valence-corrected chi connectivity index (χ2v) is 7.96.